The molecule has 2 aromatic rings. The fraction of sp³-hybridized carbons (Fsp3) is 0.556. The van der Waals surface area contributed by atoms with Gasteiger partial charge in [-0.05, 0) is 54.2 Å². The molecule has 0 saturated carbocycles. The van der Waals surface area contributed by atoms with Crippen LogP contribution in [0.15, 0.2) is 22.8 Å². The summed E-state index contributed by atoms with van der Waals surface area (Å²) in [6.45, 7) is 2.91. The van der Waals surface area contributed by atoms with Crippen molar-refractivity contribution in [3.63, 3.8) is 0 Å². The quantitative estimate of drug-likeness (QED) is 0.676. The lowest BCUT2D eigenvalue weighted by Crippen LogP contribution is -2.30. The molecule has 2 unspecified atom stereocenters. The molecule has 1 fully saturated rings. The molecule has 0 bridgehead atoms. The molecular weight excluding hydrogens is 388 g/mol. The largest absolute Gasteiger partial charge is 0.496 e. The number of halogens is 1. The average Bonchev–Trinajstić information content (AvgIpc) is 3.06. The molecule has 1 aromatic heterocycles. The lowest BCUT2D eigenvalue weighted by molar-refractivity contribution is -0.149. The maximum absolute atomic E-state index is 12.6. The van der Waals surface area contributed by atoms with E-state index in [1.807, 2.05) is 19.1 Å². The second-order valence-corrected chi connectivity index (χ2v) is 6.89. The van der Waals surface area contributed by atoms with E-state index in [0.29, 0.717) is 13.0 Å². The minimum absolute atomic E-state index is 0.0593. The number of rotatable bonds is 6. The molecule has 0 N–H and O–H groups in total. The number of aromatic nitrogens is 2. The molecule has 136 valence electrons. The van der Waals surface area contributed by atoms with Gasteiger partial charge in [0.25, 0.3) is 0 Å². The van der Waals surface area contributed by atoms with Crippen LogP contribution in [-0.2, 0) is 14.3 Å². The van der Waals surface area contributed by atoms with Crippen LogP contribution in [-0.4, -0.2) is 42.2 Å². The third-order valence-electron chi connectivity index (χ3n) is 4.51. The molecule has 2 atom stereocenters. The van der Waals surface area contributed by atoms with Crippen LogP contribution >= 0.6 is 15.9 Å². The normalized spacial score (nSPS) is 18.9. The Kier molecular flexibility index (Phi) is 5.96. The number of carbonyl (C=O) groups is 1. The Bertz CT molecular complexity index is 740. The van der Waals surface area contributed by atoms with E-state index in [2.05, 4.69) is 21.0 Å². The van der Waals surface area contributed by atoms with E-state index in [-0.39, 0.29) is 12.1 Å². The lowest BCUT2D eigenvalue weighted by atomic mass is 10.0. The van der Waals surface area contributed by atoms with E-state index < -0.39 is 6.04 Å². The smallest absolute Gasteiger partial charge is 0.331 e. The van der Waals surface area contributed by atoms with Crippen molar-refractivity contribution in [2.45, 2.75) is 44.8 Å². The van der Waals surface area contributed by atoms with Crippen LogP contribution in [0.25, 0.3) is 10.9 Å². The number of nitrogens with zero attached hydrogens (tertiary/aromatic N) is 2. The molecule has 1 saturated heterocycles. The zero-order valence-corrected chi connectivity index (χ0v) is 16.1. The summed E-state index contributed by atoms with van der Waals surface area (Å²) in [6, 6.07) is 3.28. The number of fused-ring (bicyclic) bond motifs is 1. The van der Waals surface area contributed by atoms with Gasteiger partial charge in [-0.25, -0.2) is 4.79 Å². The molecule has 1 aliphatic rings. The number of hydrogen-bond donors (Lipinski definition) is 0. The van der Waals surface area contributed by atoms with E-state index in [0.717, 1.165) is 47.0 Å². The Morgan fingerprint density at radius 3 is 3.00 bits per heavy atom. The first-order valence-electron chi connectivity index (χ1n) is 8.63. The van der Waals surface area contributed by atoms with Gasteiger partial charge in [-0.15, -0.1) is 0 Å². The zero-order chi connectivity index (χ0) is 17.8. The van der Waals surface area contributed by atoms with Crippen LogP contribution < -0.4 is 4.74 Å². The molecule has 0 radical (unpaired) electrons. The van der Waals surface area contributed by atoms with Crippen LogP contribution in [0.2, 0.25) is 0 Å². The Morgan fingerprint density at radius 2 is 2.32 bits per heavy atom. The zero-order valence-electron chi connectivity index (χ0n) is 14.5. The molecule has 0 amide bonds. The van der Waals surface area contributed by atoms with Gasteiger partial charge in [0.05, 0.1) is 36.0 Å². The van der Waals surface area contributed by atoms with E-state index in [4.69, 9.17) is 14.2 Å². The van der Waals surface area contributed by atoms with Crippen LogP contribution in [0.3, 0.4) is 0 Å². The van der Waals surface area contributed by atoms with Crippen molar-refractivity contribution in [3.8, 4) is 5.75 Å². The van der Waals surface area contributed by atoms with Gasteiger partial charge in [0.1, 0.15) is 5.75 Å². The summed E-state index contributed by atoms with van der Waals surface area (Å²) in [5.41, 5.74) is 0.863. The monoisotopic (exact) mass is 410 g/mol. The molecule has 0 spiro atoms. The van der Waals surface area contributed by atoms with Crippen molar-refractivity contribution in [2.24, 2.45) is 0 Å². The summed E-state index contributed by atoms with van der Waals surface area (Å²) in [5.74, 6) is 0.462. The Morgan fingerprint density at radius 1 is 1.48 bits per heavy atom. The highest BCUT2D eigenvalue weighted by Gasteiger charge is 2.29. The van der Waals surface area contributed by atoms with Crippen molar-refractivity contribution >= 4 is 32.8 Å². The Hall–Kier alpha value is -1.60. The van der Waals surface area contributed by atoms with Gasteiger partial charge < -0.3 is 14.2 Å². The minimum Gasteiger partial charge on any atom is -0.496 e. The number of esters is 1. The second kappa shape index (κ2) is 8.19. The predicted molar refractivity (Wildman–Crippen MR) is 97.9 cm³/mol. The van der Waals surface area contributed by atoms with Gasteiger partial charge in [0.15, 0.2) is 6.04 Å². The third-order valence-corrected chi connectivity index (χ3v) is 5.33. The first-order valence-corrected chi connectivity index (χ1v) is 9.43. The molecule has 1 aromatic carbocycles. The maximum atomic E-state index is 12.6. The van der Waals surface area contributed by atoms with Crippen molar-refractivity contribution in [3.05, 3.63) is 22.8 Å². The highest BCUT2D eigenvalue weighted by Crippen LogP contribution is 2.35. The molecule has 2 heterocycles. The third kappa shape index (κ3) is 3.82. The number of hydrogen-bond acceptors (Lipinski definition) is 5. The van der Waals surface area contributed by atoms with E-state index >= 15 is 0 Å². The summed E-state index contributed by atoms with van der Waals surface area (Å²) in [7, 11) is 1.62. The van der Waals surface area contributed by atoms with E-state index in [1.165, 1.54) is 0 Å². The summed E-state index contributed by atoms with van der Waals surface area (Å²) in [6.07, 6.45) is 5.55. The van der Waals surface area contributed by atoms with Crippen molar-refractivity contribution in [2.75, 3.05) is 20.3 Å². The number of methoxy groups -OCH3 is 1. The van der Waals surface area contributed by atoms with Gasteiger partial charge in [0.2, 0.25) is 0 Å². The van der Waals surface area contributed by atoms with E-state index in [1.54, 1.807) is 18.0 Å². The standard InChI is InChI=1S/C18H23BrN2O4/c1-3-24-18(22)15(10-12-6-4-5-9-25-12)21-14-7-8-16(23-2)17(19)13(14)11-20-21/h7-8,11-12,15H,3-6,9-10H2,1-2H3. The topological polar surface area (TPSA) is 62.6 Å². The highest BCUT2D eigenvalue weighted by molar-refractivity contribution is 9.10. The van der Waals surface area contributed by atoms with Gasteiger partial charge in [-0.3, -0.25) is 4.68 Å². The summed E-state index contributed by atoms with van der Waals surface area (Å²) >= 11 is 3.55. The Balaban J connectivity index is 1.95. The van der Waals surface area contributed by atoms with Crippen molar-refractivity contribution in [1.82, 2.24) is 9.78 Å². The molecule has 7 heteroatoms. The molecule has 6 nitrogen and oxygen atoms in total. The number of carbonyl (C=O) groups excluding carboxylic acids is 1. The summed E-state index contributed by atoms with van der Waals surface area (Å²) in [4.78, 5) is 12.6. The molecule has 25 heavy (non-hydrogen) atoms. The fourth-order valence-corrected chi connectivity index (χ4v) is 3.85. The fourth-order valence-electron chi connectivity index (χ4n) is 3.25. The maximum Gasteiger partial charge on any atom is 0.331 e. The van der Waals surface area contributed by atoms with Crippen LogP contribution in [0.4, 0.5) is 0 Å². The molecular formula is C18H23BrN2O4. The summed E-state index contributed by atoms with van der Waals surface area (Å²) < 4.78 is 19.0. The van der Waals surface area contributed by atoms with Gasteiger partial charge >= 0.3 is 5.97 Å². The minimum atomic E-state index is -0.499. The second-order valence-electron chi connectivity index (χ2n) is 6.10. The highest BCUT2D eigenvalue weighted by atomic mass is 79.9. The molecule has 0 aliphatic carbocycles. The van der Waals surface area contributed by atoms with Crippen LogP contribution in [0.1, 0.15) is 38.6 Å². The van der Waals surface area contributed by atoms with Crippen molar-refractivity contribution < 1.29 is 19.0 Å². The summed E-state index contributed by atoms with van der Waals surface area (Å²) in [5, 5.41) is 5.38. The number of ether oxygens (including phenoxy) is 3. The first-order chi connectivity index (χ1) is 12.2. The predicted octanol–water partition coefficient (Wildman–Crippen LogP) is 3.87. The van der Waals surface area contributed by atoms with Crippen LogP contribution in [0, 0.1) is 0 Å². The average molecular weight is 411 g/mol. The first kappa shape index (κ1) is 18.2. The van der Waals surface area contributed by atoms with Gasteiger partial charge in [0, 0.05) is 18.4 Å². The van der Waals surface area contributed by atoms with Crippen molar-refractivity contribution in [1.29, 1.82) is 0 Å². The van der Waals surface area contributed by atoms with Gasteiger partial charge in [-0.2, -0.15) is 5.10 Å². The van der Waals surface area contributed by atoms with Gasteiger partial charge in [-0.1, -0.05) is 0 Å². The SMILES string of the molecule is CCOC(=O)C(CC1CCCCO1)n1ncc2c(Br)c(OC)ccc21. The van der Waals surface area contributed by atoms with Crippen LogP contribution in [0.5, 0.6) is 5.75 Å². The number of benzene rings is 1. The van der Waals surface area contributed by atoms with E-state index in [9.17, 15) is 4.79 Å². The molecule has 1 aliphatic heterocycles. The molecule has 3 rings (SSSR count). The lowest BCUT2D eigenvalue weighted by Gasteiger charge is -2.26. The Labute approximate surface area is 155 Å².